The number of thiophene rings is 2. The highest BCUT2D eigenvalue weighted by atomic mass is 32.1. The smallest absolute Gasteiger partial charge is 0.139 e. The summed E-state index contributed by atoms with van der Waals surface area (Å²) in [5, 5.41) is 9.06. The van der Waals surface area contributed by atoms with Crippen LogP contribution in [0.15, 0.2) is 78.9 Å². The molecule has 0 bridgehead atoms. The Morgan fingerprint density at radius 1 is 0.474 bits per heavy atom. The lowest BCUT2D eigenvalue weighted by Crippen LogP contribution is -2.55. The molecule has 7 aromatic rings. The topological polar surface area (TPSA) is 12.0 Å². The van der Waals surface area contributed by atoms with E-state index in [1.807, 2.05) is 22.7 Å². The average Bonchev–Trinajstić information content (AvgIpc) is 3.49. The van der Waals surface area contributed by atoms with E-state index in [9.17, 15) is 0 Å². The van der Waals surface area contributed by atoms with Gasteiger partial charge in [-0.25, -0.2) is 0 Å². The number of benzene rings is 5. The highest BCUT2D eigenvalue weighted by molar-refractivity contribution is 7.26. The van der Waals surface area contributed by atoms with Crippen molar-refractivity contribution >= 4 is 141 Å². The number of hydrogen-bond acceptors (Lipinski definition) is 3. The third kappa shape index (κ3) is 3.58. The zero-order chi connectivity index (χ0) is 26.1. The fourth-order valence-corrected chi connectivity index (χ4v) is 8.25. The van der Waals surface area contributed by atoms with Crippen molar-refractivity contribution in [2.75, 3.05) is 5.32 Å². The second kappa shape index (κ2) is 8.86. The van der Waals surface area contributed by atoms with Gasteiger partial charge in [0.1, 0.15) is 39.2 Å². The van der Waals surface area contributed by atoms with Gasteiger partial charge in [-0.1, -0.05) is 47.3 Å². The Kier molecular flexibility index (Phi) is 5.54. The maximum absolute atomic E-state index is 3.71. The van der Waals surface area contributed by atoms with Gasteiger partial charge in [0.05, 0.1) is 0 Å². The first-order valence-corrected chi connectivity index (χ1v) is 14.7. The van der Waals surface area contributed by atoms with Gasteiger partial charge in [0.2, 0.25) is 0 Å². The number of rotatable bonds is 3. The Balaban J connectivity index is 1.38. The molecule has 176 valence electrons. The van der Waals surface area contributed by atoms with Crippen LogP contribution >= 0.6 is 22.7 Å². The molecular weight excluding hydrogens is 493 g/mol. The van der Waals surface area contributed by atoms with E-state index in [0.29, 0.717) is 0 Å². The minimum atomic E-state index is 1.12. The molecule has 1 nitrogen and oxygen atoms in total. The van der Waals surface area contributed by atoms with Crippen LogP contribution < -0.4 is 32.6 Å². The summed E-state index contributed by atoms with van der Waals surface area (Å²) in [4.78, 5) is 0. The van der Waals surface area contributed by atoms with Crippen LogP contribution in [0.2, 0.25) is 0 Å². The van der Waals surface area contributed by atoms with Crippen LogP contribution in [0.4, 0.5) is 11.4 Å². The highest BCUT2D eigenvalue weighted by Gasteiger charge is 2.17. The van der Waals surface area contributed by atoms with E-state index >= 15 is 0 Å². The van der Waals surface area contributed by atoms with Crippen molar-refractivity contribution in [1.29, 1.82) is 0 Å². The number of fused-ring (bicyclic) bond motifs is 6. The minimum Gasteiger partial charge on any atom is -0.355 e. The molecule has 0 amide bonds. The van der Waals surface area contributed by atoms with Crippen molar-refractivity contribution in [3.63, 3.8) is 0 Å². The van der Waals surface area contributed by atoms with Crippen molar-refractivity contribution in [1.82, 2.24) is 0 Å². The second-order valence-corrected chi connectivity index (χ2v) is 12.6. The Morgan fingerprint density at radius 3 is 1.89 bits per heavy atom. The van der Waals surface area contributed by atoms with Crippen molar-refractivity contribution < 1.29 is 0 Å². The molecule has 0 fully saturated rings. The summed E-state index contributed by atoms with van der Waals surface area (Å²) in [7, 11) is 11.4. The first-order chi connectivity index (χ1) is 18.4. The summed E-state index contributed by atoms with van der Waals surface area (Å²) in [6, 6.07) is 29.0. The summed E-state index contributed by atoms with van der Waals surface area (Å²) in [6.45, 7) is 0. The molecule has 8 heteroatoms. The molecule has 2 heterocycles. The summed E-state index contributed by atoms with van der Waals surface area (Å²) in [5.41, 5.74) is 12.0. The zero-order valence-corrected chi connectivity index (χ0v) is 24.0. The normalized spacial score (nSPS) is 11.7. The van der Waals surface area contributed by atoms with Gasteiger partial charge < -0.3 is 5.32 Å². The predicted octanol–water partition coefficient (Wildman–Crippen LogP) is 1.13. The Hall–Kier alpha value is -3.34. The largest absolute Gasteiger partial charge is 0.355 e. The van der Waals surface area contributed by atoms with Crippen LogP contribution in [0, 0.1) is 0 Å². The van der Waals surface area contributed by atoms with Crippen molar-refractivity contribution in [3.8, 4) is 11.1 Å². The standard InChI is InChI=1S/C30H24B5NS2/c31-26-25(27(32)29(34)30(35)28(26)33)18-5-3-7-22-24(18)19-12-14(9-11-21(19)37-22)36-15-8-10-17-16-4-1-2-6-20(16)38-23(17)13-15/h1-13,36H,31-35H2. The summed E-state index contributed by atoms with van der Waals surface area (Å²) in [5.74, 6) is 0. The van der Waals surface area contributed by atoms with Gasteiger partial charge in [0.25, 0.3) is 0 Å². The molecule has 5 aromatic carbocycles. The van der Waals surface area contributed by atoms with Crippen molar-refractivity contribution in [2.45, 2.75) is 0 Å². The Labute approximate surface area is 235 Å². The van der Waals surface area contributed by atoms with E-state index in [1.54, 1.807) is 0 Å². The van der Waals surface area contributed by atoms with Gasteiger partial charge in [-0.2, -0.15) is 0 Å². The highest BCUT2D eigenvalue weighted by Crippen LogP contribution is 2.41. The first kappa shape index (κ1) is 23.8. The van der Waals surface area contributed by atoms with E-state index in [2.05, 4.69) is 123 Å². The van der Waals surface area contributed by atoms with E-state index in [1.165, 1.54) is 78.8 Å². The molecule has 0 saturated carbocycles. The lowest BCUT2D eigenvalue weighted by Gasteiger charge is -2.21. The zero-order valence-electron chi connectivity index (χ0n) is 22.3. The lowest BCUT2D eigenvalue weighted by atomic mass is 9.59. The third-order valence-electron chi connectivity index (χ3n) is 8.43. The molecular formula is C30H24B5NS2. The van der Waals surface area contributed by atoms with E-state index in [0.717, 1.165) is 11.4 Å². The molecule has 0 unspecified atom stereocenters. The average molecular weight is 517 g/mol. The molecule has 0 aliphatic heterocycles. The minimum absolute atomic E-state index is 1.12. The van der Waals surface area contributed by atoms with Gasteiger partial charge in [-0.15, -0.1) is 39.1 Å². The lowest BCUT2D eigenvalue weighted by molar-refractivity contribution is 1.61. The molecule has 7 rings (SSSR count). The van der Waals surface area contributed by atoms with Crippen LogP contribution in [-0.2, 0) is 0 Å². The Bertz CT molecular complexity index is 2050. The maximum atomic E-state index is 3.71. The molecule has 0 aliphatic carbocycles. The fraction of sp³-hybridized carbons (Fsp3) is 0. The van der Waals surface area contributed by atoms with Gasteiger partial charge in [0, 0.05) is 51.7 Å². The summed E-state index contributed by atoms with van der Waals surface area (Å²) >= 11 is 3.75. The van der Waals surface area contributed by atoms with Gasteiger partial charge >= 0.3 is 0 Å². The second-order valence-electron chi connectivity index (χ2n) is 10.4. The van der Waals surface area contributed by atoms with Crippen LogP contribution in [0.1, 0.15) is 0 Å². The molecule has 0 saturated heterocycles. The molecule has 1 N–H and O–H groups in total. The van der Waals surface area contributed by atoms with E-state index < -0.39 is 0 Å². The molecule has 0 radical (unpaired) electrons. The van der Waals surface area contributed by atoms with Crippen molar-refractivity contribution in [2.24, 2.45) is 0 Å². The quantitative estimate of drug-likeness (QED) is 0.347. The van der Waals surface area contributed by atoms with E-state index in [-0.39, 0.29) is 0 Å². The van der Waals surface area contributed by atoms with E-state index in [4.69, 9.17) is 0 Å². The van der Waals surface area contributed by atoms with Crippen LogP contribution in [0.5, 0.6) is 0 Å². The van der Waals surface area contributed by atoms with Crippen LogP contribution in [-0.4, -0.2) is 39.2 Å². The summed E-state index contributed by atoms with van der Waals surface area (Å²) < 4.78 is 5.33. The molecule has 38 heavy (non-hydrogen) atoms. The number of hydrogen-bond donors (Lipinski definition) is 1. The molecule has 2 aromatic heterocycles. The van der Waals surface area contributed by atoms with Gasteiger partial charge in [-0.05, 0) is 53.6 Å². The third-order valence-corrected chi connectivity index (χ3v) is 10.7. The molecule has 0 aliphatic rings. The van der Waals surface area contributed by atoms with Crippen LogP contribution in [0.25, 0.3) is 51.5 Å². The van der Waals surface area contributed by atoms with Gasteiger partial charge in [0.15, 0.2) is 0 Å². The van der Waals surface area contributed by atoms with Gasteiger partial charge in [-0.3, -0.25) is 0 Å². The number of anilines is 2. The van der Waals surface area contributed by atoms with Crippen LogP contribution in [0.3, 0.4) is 0 Å². The van der Waals surface area contributed by atoms with Crippen molar-refractivity contribution in [3.05, 3.63) is 78.9 Å². The SMILES string of the molecule is Bc1c(B)c(B)c(-c2cccc3sc4ccc(Nc5ccc6c(c5)sc5ccccc56)cc4c23)c(B)c1B. The summed E-state index contributed by atoms with van der Waals surface area (Å²) in [6.07, 6.45) is 0. The maximum Gasteiger partial charge on any atom is 0.139 e. The first-order valence-electron chi connectivity index (χ1n) is 13.1. The number of nitrogens with one attached hydrogen (secondary N) is 1. The fourth-order valence-electron chi connectivity index (χ4n) is 5.99. The Morgan fingerprint density at radius 2 is 1.08 bits per heavy atom. The molecule has 0 atom stereocenters. The molecule has 0 spiro atoms. The predicted molar refractivity (Wildman–Crippen MR) is 188 cm³/mol. The monoisotopic (exact) mass is 517 g/mol.